The van der Waals surface area contributed by atoms with Crippen LogP contribution in [0.3, 0.4) is 0 Å². The highest BCUT2D eigenvalue weighted by Crippen LogP contribution is 2.35. The van der Waals surface area contributed by atoms with E-state index in [4.69, 9.17) is 0 Å². The van der Waals surface area contributed by atoms with Crippen LogP contribution in [0.2, 0.25) is 0 Å². The zero-order valence-corrected chi connectivity index (χ0v) is 15.4. The number of hydrogen-bond acceptors (Lipinski definition) is 5. The second kappa shape index (κ2) is 6.72. The van der Waals surface area contributed by atoms with Gasteiger partial charge in [-0.3, -0.25) is 4.79 Å². The number of rotatable bonds is 3. The zero-order valence-electron chi connectivity index (χ0n) is 13.8. The summed E-state index contributed by atoms with van der Waals surface area (Å²) in [5.74, 6) is 0.858. The van der Waals surface area contributed by atoms with E-state index in [1.807, 2.05) is 37.3 Å². The molecule has 0 fully saturated rings. The first kappa shape index (κ1) is 16.5. The van der Waals surface area contributed by atoms with Gasteiger partial charge < -0.3 is 10.6 Å². The van der Waals surface area contributed by atoms with Gasteiger partial charge >= 0.3 is 0 Å². The minimum absolute atomic E-state index is 0.236. The number of halogens is 1. The minimum atomic E-state index is -0.394. The number of hydrogen-bond donors (Lipinski definition) is 2. The second-order valence-corrected chi connectivity index (χ2v) is 6.73. The van der Waals surface area contributed by atoms with Crippen LogP contribution in [0.1, 0.15) is 18.5 Å². The number of allylic oxidation sites excluding steroid dienone is 1. The number of fused-ring (bicyclic) bond motifs is 1. The molecule has 3 heterocycles. The molecule has 0 aliphatic carbocycles. The van der Waals surface area contributed by atoms with Gasteiger partial charge in [-0.15, -0.1) is 0 Å². The molecule has 0 saturated carbocycles. The Hall–Kier alpha value is -3.00. The Morgan fingerprint density at radius 3 is 2.88 bits per heavy atom. The number of benzene rings is 1. The van der Waals surface area contributed by atoms with Crippen LogP contribution in [0.5, 0.6) is 0 Å². The number of pyridine rings is 1. The van der Waals surface area contributed by atoms with E-state index >= 15 is 0 Å². The lowest BCUT2D eigenvalue weighted by Crippen LogP contribution is -2.31. The van der Waals surface area contributed by atoms with Crippen LogP contribution in [-0.4, -0.2) is 25.7 Å². The summed E-state index contributed by atoms with van der Waals surface area (Å²) >= 11 is 3.50. The molecule has 4 rings (SSSR count). The van der Waals surface area contributed by atoms with Crippen molar-refractivity contribution in [1.29, 1.82) is 0 Å². The van der Waals surface area contributed by atoms with E-state index in [1.165, 1.54) is 6.33 Å². The molecule has 3 aromatic rings. The average Bonchev–Trinajstić information content (AvgIpc) is 3.09. The first-order valence-electron chi connectivity index (χ1n) is 7.98. The summed E-state index contributed by atoms with van der Waals surface area (Å²) in [6.07, 6.45) is 3.11. The fraction of sp³-hybridized carbons (Fsp3) is 0.111. The van der Waals surface area contributed by atoms with Crippen LogP contribution in [-0.2, 0) is 4.79 Å². The highest BCUT2D eigenvalue weighted by molar-refractivity contribution is 9.10. The Bertz CT molecular complexity index is 998. The molecule has 1 aromatic carbocycles. The van der Waals surface area contributed by atoms with Gasteiger partial charge in [-0.1, -0.05) is 34.1 Å². The van der Waals surface area contributed by atoms with Crippen LogP contribution >= 0.6 is 15.9 Å². The van der Waals surface area contributed by atoms with E-state index in [0.717, 1.165) is 15.7 Å². The molecule has 8 heteroatoms. The van der Waals surface area contributed by atoms with Crippen molar-refractivity contribution in [2.75, 3.05) is 10.6 Å². The van der Waals surface area contributed by atoms with Crippen LogP contribution in [0.15, 0.2) is 70.7 Å². The third kappa shape index (κ3) is 2.99. The molecule has 1 unspecified atom stereocenters. The van der Waals surface area contributed by atoms with Crippen molar-refractivity contribution >= 4 is 33.6 Å². The van der Waals surface area contributed by atoms with Gasteiger partial charge in [0, 0.05) is 16.4 Å². The lowest BCUT2D eigenvalue weighted by atomic mass is 9.95. The quantitative estimate of drug-likeness (QED) is 0.691. The zero-order chi connectivity index (χ0) is 18.1. The van der Waals surface area contributed by atoms with Crippen molar-refractivity contribution < 1.29 is 4.79 Å². The van der Waals surface area contributed by atoms with Gasteiger partial charge in [0.05, 0.1) is 5.57 Å². The molecule has 7 nitrogen and oxygen atoms in total. The molecule has 1 aliphatic rings. The summed E-state index contributed by atoms with van der Waals surface area (Å²) in [6, 6.07) is 12.8. The molecular weight excluding hydrogens is 396 g/mol. The third-order valence-electron chi connectivity index (χ3n) is 4.11. The first-order chi connectivity index (χ1) is 12.6. The van der Waals surface area contributed by atoms with Crippen molar-refractivity contribution in [3.05, 3.63) is 76.3 Å². The summed E-state index contributed by atoms with van der Waals surface area (Å²) in [7, 11) is 0. The fourth-order valence-electron chi connectivity index (χ4n) is 2.99. The molecule has 2 aromatic heterocycles. The van der Waals surface area contributed by atoms with E-state index in [-0.39, 0.29) is 5.91 Å². The molecule has 1 atom stereocenters. The Balaban J connectivity index is 1.78. The highest BCUT2D eigenvalue weighted by atomic mass is 79.9. The standard InChI is InChI=1S/C18H15BrN6O/c1-11-15(17(26)24-14-7-2-3-8-20-14)16(12-5-4-6-13(19)9-12)25-18(23-11)21-10-22-25/h2-10,16H,1H3,(H,20,24,26)(H,21,22,23). The largest absolute Gasteiger partial charge is 0.328 e. The van der Waals surface area contributed by atoms with Gasteiger partial charge in [0.2, 0.25) is 5.95 Å². The molecule has 2 N–H and O–H groups in total. The maximum atomic E-state index is 13.1. The number of carbonyl (C=O) groups is 1. The van der Waals surface area contributed by atoms with E-state index in [1.54, 1.807) is 23.0 Å². The van der Waals surface area contributed by atoms with Gasteiger partial charge in [-0.05, 0) is 36.8 Å². The highest BCUT2D eigenvalue weighted by Gasteiger charge is 2.33. The van der Waals surface area contributed by atoms with Crippen molar-refractivity contribution in [2.45, 2.75) is 13.0 Å². The lowest BCUT2D eigenvalue weighted by molar-refractivity contribution is -0.113. The summed E-state index contributed by atoms with van der Waals surface area (Å²) < 4.78 is 2.64. The van der Waals surface area contributed by atoms with Crippen molar-refractivity contribution in [2.24, 2.45) is 0 Å². The summed E-state index contributed by atoms with van der Waals surface area (Å²) in [5.41, 5.74) is 2.22. The van der Waals surface area contributed by atoms with Crippen molar-refractivity contribution in [3.8, 4) is 0 Å². The first-order valence-corrected chi connectivity index (χ1v) is 8.78. The monoisotopic (exact) mass is 410 g/mol. The fourth-order valence-corrected chi connectivity index (χ4v) is 3.41. The molecule has 130 valence electrons. The number of amides is 1. The van der Waals surface area contributed by atoms with E-state index in [0.29, 0.717) is 17.3 Å². The predicted octanol–water partition coefficient (Wildman–Crippen LogP) is 3.36. The number of aromatic nitrogens is 4. The number of nitrogens with zero attached hydrogens (tertiary/aromatic N) is 4. The van der Waals surface area contributed by atoms with E-state index in [2.05, 4.69) is 41.6 Å². The number of nitrogens with one attached hydrogen (secondary N) is 2. The third-order valence-corrected chi connectivity index (χ3v) is 4.60. The van der Waals surface area contributed by atoms with Gasteiger partial charge in [0.15, 0.2) is 0 Å². The maximum Gasteiger partial charge on any atom is 0.257 e. The summed E-state index contributed by atoms with van der Waals surface area (Å²) in [6.45, 7) is 1.86. The topological polar surface area (TPSA) is 84.7 Å². The van der Waals surface area contributed by atoms with Crippen molar-refractivity contribution in [1.82, 2.24) is 19.7 Å². The minimum Gasteiger partial charge on any atom is -0.328 e. The molecule has 0 radical (unpaired) electrons. The average molecular weight is 411 g/mol. The lowest BCUT2D eigenvalue weighted by Gasteiger charge is -2.28. The second-order valence-electron chi connectivity index (χ2n) is 5.82. The summed E-state index contributed by atoms with van der Waals surface area (Å²) in [5, 5.41) is 10.3. The molecule has 0 bridgehead atoms. The van der Waals surface area contributed by atoms with E-state index in [9.17, 15) is 4.79 Å². The molecule has 0 spiro atoms. The summed E-state index contributed by atoms with van der Waals surface area (Å²) in [4.78, 5) is 21.5. The van der Waals surface area contributed by atoms with Gasteiger partial charge in [-0.2, -0.15) is 10.1 Å². The molecule has 26 heavy (non-hydrogen) atoms. The van der Waals surface area contributed by atoms with Crippen LogP contribution < -0.4 is 10.6 Å². The molecule has 1 amide bonds. The van der Waals surface area contributed by atoms with E-state index < -0.39 is 6.04 Å². The van der Waals surface area contributed by atoms with Crippen LogP contribution in [0, 0.1) is 0 Å². The normalized spacial score (nSPS) is 16.0. The Morgan fingerprint density at radius 2 is 2.12 bits per heavy atom. The Morgan fingerprint density at radius 1 is 1.23 bits per heavy atom. The SMILES string of the molecule is CC1=C(C(=O)Nc2ccccn2)C(c2cccc(Br)c2)n2ncnc2N1. The smallest absolute Gasteiger partial charge is 0.257 e. The van der Waals surface area contributed by atoms with Crippen molar-refractivity contribution in [3.63, 3.8) is 0 Å². The Kier molecular flexibility index (Phi) is 4.26. The predicted molar refractivity (Wildman–Crippen MR) is 101 cm³/mol. The Labute approximate surface area is 158 Å². The maximum absolute atomic E-state index is 13.1. The molecule has 0 saturated heterocycles. The molecular formula is C18H15BrN6O. The van der Waals surface area contributed by atoms with Gasteiger partial charge in [-0.25, -0.2) is 9.67 Å². The number of carbonyl (C=O) groups excluding carboxylic acids is 1. The molecule has 1 aliphatic heterocycles. The van der Waals surface area contributed by atoms with Crippen LogP contribution in [0.4, 0.5) is 11.8 Å². The van der Waals surface area contributed by atoms with Gasteiger partial charge in [0.25, 0.3) is 5.91 Å². The van der Waals surface area contributed by atoms with Gasteiger partial charge in [0.1, 0.15) is 18.2 Å². The van der Waals surface area contributed by atoms with Crippen LogP contribution in [0.25, 0.3) is 0 Å². The number of anilines is 2.